The molecule has 0 heterocycles. The van der Waals surface area contributed by atoms with Crippen LogP contribution in [0.1, 0.15) is 38.8 Å². The van der Waals surface area contributed by atoms with E-state index < -0.39 is 55.5 Å². The van der Waals surface area contributed by atoms with Gasteiger partial charge >= 0.3 is 0 Å². The average Bonchev–Trinajstić information content (AvgIpc) is 2.97. The number of carbonyl (C=O) groups excluding carboxylic acids is 2. The van der Waals surface area contributed by atoms with Crippen molar-refractivity contribution in [3.63, 3.8) is 0 Å². The maximum absolute atomic E-state index is 14.2. The highest BCUT2D eigenvalue weighted by Gasteiger charge is 2.35. The minimum Gasteiger partial charge on any atom is -0.497 e. The summed E-state index contributed by atoms with van der Waals surface area (Å²) in [6.07, 6.45) is 0. The number of aryl methyl sites for hydroxylation is 1. The number of halogens is 1. The van der Waals surface area contributed by atoms with Crippen molar-refractivity contribution in [1.82, 2.24) is 10.2 Å². The SMILES string of the molecule is COc1ccc(CN(C(=O)CN(c2cc(Cl)ccc2OC)S(=O)(=O)c2ccc(C)c([N+](=O)[O-])c2)[C@@H](C)C(=O)NC(C)(C)C)cc1. The standard InChI is InChI=1S/C31H37ClN4O8S/c1-20-8-14-25(17-26(20)36(39)40)45(41,42)35(27-16-23(32)11-15-28(27)44-7)19-29(37)34(21(2)30(38)33-31(3,4)5)18-22-9-12-24(43-6)13-10-22/h8-17,21H,18-19H2,1-7H3,(H,33,38)/t21-/m0/s1. The van der Waals surface area contributed by atoms with Gasteiger partial charge in [-0.05, 0) is 76.6 Å². The Labute approximate surface area is 268 Å². The van der Waals surface area contributed by atoms with Crippen LogP contribution in [0.25, 0.3) is 0 Å². The largest absolute Gasteiger partial charge is 0.497 e. The van der Waals surface area contributed by atoms with Crippen LogP contribution in [-0.4, -0.2) is 62.4 Å². The molecule has 0 aliphatic heterocycles. The van der Waals surface area contributed by atoms with Gasteiger partial charge in [-0.3, -0.25) is 24.0 Å². The second-order valence-electron chi connectivity index (χ2n) is 11.3. The molecule has 2 amide bonds. The minimum atomic E-state index is -4.64. The molecule has 0 aliphatic rings. The maximum atomic E-state index is 14.2. The van der Waals surface area contributed by atoms with Gasteiger partial charge in [-0.1, -0.05) is 29.8 Å². The van der Waals surface area contributed by atoms with Gasteiger partial charge in [0.05, 0.1) is 29.7 Å². The molecule has 0 spiro atoms. The zero-order chi connectivity index (χ0) is 33.7. The van der Waals surface area contributed by atoms with Gasteiger partial charge in [0.2, 0.25) is 11.8 Å². The number of carbonyl (C=O) groups is 2. The van der Waals surface area contributed by atoms with E-state index in [0.29, 0.717) is 11.3 Å². The summed E-state index contributed by atoms with van der Waals surface area (Å²) < 4.78 is 39.9. The number of amides is 2. The molecule has 0 fully saturated rings. The van der Waals surface area contributed by atoms with Gasteiger partial charge in [0.1, 0.15) is 24.1 Å². The fourth-order valence-corrected chi connectivity index (χ4v) is 6.03. The highest BCUT2D eigenvalue weighted by molar-refractivity contribution is 7.92. The second-order valence-corrected chi connectivity index (χ2v) is 13.6. The van der Waals surface area contributed by atoms with Gasteiger partial charge in [0.25, 0.3) is 15.7 Å². The Kier molecular flexibility index (Phi) is 11.1. The minimum absolute atomic E-state index is 0.0435. The van der Waals surface area contributed by atoms with Crippen molar-refractivity contribution < 1.29 is 32.4 Å². The summed E-state index contributed by atoms with van der Waals surface area (Å²) in [5.74, 6) is -0.506. The first-order valence-corrected chi connectivity index (χ1v) is 15.7. The first-order chi connectivity index (χ1) is 21.0. The highest BCUT2D eigenvalue weighted by Crippen LogP contribution is 2.36. The van der Waals surface area contributed by atoms with Gasteiger partial charge in [-0.15, -0.1) is 0 Å². The molecule has 14 heteroatoms. The number of sulfonamides is 1. The van der Waals surface area contributed by atoms with Crippen LogP contribution in [0.3, 0.4) is 0 Å². The number of nitro benzene ring substituents is 1. The molecule has 0 saturated carbocycles. The van der Waals surface area contributed by atoms with E-state index >= 15 is 0 Å². The molecule has 0 aromatic heterocycles. The lowest BCUT2D eigenvalue weighted by Crippen LogP contribution is -2.54. The van der Waals surface area contributed by atoms with Crippen LogP contribution in [0, 0.1) is 17.0 Å². The van der Waals surface area contributed by atoms with Crippen molar-refractivity contribution in [3.8, 4) is 11.5 Å². The molecule has 3 aromatic carbocycles. The Bertz CT molecular complexity index is 1670. The van der Waals surface area contributed by atoms with Gasteiger partial charge in [0.15, 0.2) is 0 Å². The molecule has 0 bridgehead atoms. The first kappa shape index (κ1) is 35.1. The molecule has 0 saturated heterocycles. The lowest BCUT2D eigenvalue weighted by molar-refractivity contribution is -0.385. The zero-order valence-corrected chi connectivity index (χ0v) is 27.7. The normalized spacial score (nSPS) is 12.2. The molecule has 1 N–H and O–H groups in total. The summed E-state index contributed by atoms with van der Waals surface area (Å²) >= 11 is 6.26. The number of hydrogen-bond acceptors (Lipinski definition) is 8. The molecule has 3 aromatic rings. The predicted octanol–water partition coefficient (Wildman–Crippen LogP) is 5.10. The number of anilines is 1. The van der Waals surface area contributed by atoms with Crippen LogP contribution in [0.5, 0.6) is 11.5 Å². The van der Waals surface area contributed by atoms with Gasteiger partial charge in [-0.2, -0.15) is 0 Å². The monoisotopic (exact) mass is 660 g/mol. The summed E-state index contributed by atoms with van der Waals surface area (Å²) in [6.45, 7) is 7.60. The summed E-state index contributed by atoms with van der Waals surface area (Å²) in [7, 11) is -1.79. The van der Waals surface area contributed by atoms with Crippen LogP contribution in [0.15, 0.2) is 65.6 Å². The lowest BCUT2D eigenvalue weighted by Gasteiger charge is -2.33. The molecule has 242 valence electrons. The zero-order valence-electron chi connectivity index (χ0n) is 26.2. The Morgan fingerprint density at radius 2 is 1.67 bits per heavy atom. The third kappa shape index (κ3) is 8.64. The summed E-state index contributed by atoms with van der Waals surface area (Å²) in [5, 5.41) is 14.7. The van der Waals surface area contributed by atoms with Crippen molar-refractivity contribution in [2.75, 3.05) is 25.1 Å². The van der Waals surface area contributed by atoms with Crippen molar-refractivity contribution in [2.45, 2.75) is 57.6 Å². The molecular formula is C31H37ClN4O8S. The van der Waals surface area contributed by atoms with Crippen molar-refractivity contribution >= 4 is 44.8 Å². The first-order valence-electron chi connectivity index (χ1n) is 13.8. The quantitative estimate of drug-likeness (QED) is 0.208. The fraction of sp³-hybridized carbons (Fsp3) is 0.355. The topological polar surface area (TPSA) is 148 Å². The van der Waals surface area contributed by atoms with E-state index in [1.54, 1.807) is 52.0 Å². The molecule has 0 radical (unpaired) electrons. The van der Waals surface area contributed by atoms with Gasteiger partial charge < -0.3 is 19.7 Å². The lowest BCUT2D eigenvalue weighted by atomic mass is 10.1. The number of nitrogens with zero attached hydrogens (tertiary/aromatic N) is 3. The number of hydrogen-bond donors (Lipinski definition) is 1. The Morgan fingerprint density at radius 3 is 2.22 bits per heavy atom. The van der Waals surface area contributed by atoms with Crippen LogP contribution >= 0.6 is 11.6 Å². The second kappa shape index (κ2) is 14.2. The summed E-state index contributed by atoms with van der Waals surface area (Å²) in [4.78, 5) is 39.3. The van der Waals surface area contributed by atoms with E-state index in [2.05, 4.69) is 5.32 Å². The molecule has 45 heavy (non-hydrogen) atoms. The number of ether oxygens (including phenoxy) is 2. The number of rotatable bonds is 12. The van der Waals surface area contributed by atoms with Crippen LogP contribution < -0.4 is 19.1 Å². The van der Waals surface area contributed by atoms with Crippen molar-refractivity contribution in [2.24, 2.45) is 0 Å². The van der Waals surface area contributed by atoms with Crippen molar-refractivity contribution in [1.29, 1.82) is 0 Å². The Balaban J connectivity index is 2.16. The smallest absolute Gasteiger partial charge is 0.273 e. The van der Waals surface area contributed by atoms with E-state index in [9.17, 15) is 28.1 Å². The molecule has 3 rings (SSSR count). The van der Waals surface area contributed by atoms with Crippen LogP contribution in [0.2, 0.25) is 5.02 Å². The van der Waals surface area contributed by atoms with Crippen LogP contribution in [-0.2, 0) is 26.2 Å². The number of nitrogens with one attached hydrogen (secondary N) is 1. The third-order valence-corrected chi connectivity index (χ3v) is 8.82. The predicted molar refractivity (Wildman–Crippen MR) is 171 cm³/mol. The highest BCUT2D eigenvalue weighted by atomic mass is 35.5. The Morgan fingerprint density at radius 1 is 1.02 bits per heavy atom. The van der Waals surface area contributed by atoms with E-state index in [1.807, 2.05) is 0 Å². The van der Waals surface area contributed by atoms with Crippen molar-refractivity contribution in [3.05, 3.63) is 86.9 Å². The third-order valence-electron chi connectivity index (χ3n) is 6.83. The molecule has 1 atom stereocenters. The average molecular weight is 661 g/mol. The summed E-state index contributed by atoms with van der Waals surface area (Å²) in [6, 6.07) is 13.6. The van der Waals surface area contributed by atoms with E-state index in [1.165, 1.54) is 56.4 Å². The molecule has 0 unspecified atom stereocenters. The van der Waals surface area contributed by atoms with Gasteiger partial charge in [-0.25, -0.2) is 8.42 Å². The van der Waals surface area contributed by atoms with E-state index in [4.69, 9.17) is 21.1 Å². The van der Waals surface area contributed by atoms with E-state index in [0.717, 1.165) is 10.4 Å². The van der Waals surface area contributed by atoms with Gasteiger partial charge in [0, 0.05) is 28.7 Å². The van der Waals surface area contributed by atoms with Crippen LogP contribution in [0.4, 0.5) is 11.4 Å². The number of methoxy groups -OCH3 is 2. The fourth-order valence-electron chi connectivity index (χ4n) is 4.43. The maximum Gasteiger partial charge on any atom is 0.273 e. The molecular weight excluding hydrogens is 624 g/mol. The summed E-state index contributed by atoms with van der Waals surface area (Å²) in [5.41, 5.74) is -0.175. The molecule has 0 aliphatic carbocycles. The molecule has 12 nitrogen and oxygen atoms in total. The van der Waals surface area contributed by atoms with E-state index in [-0.39, 0.29) is 28.6 Å². The number of nitro groups is 1. The Hall–Kier alpha value is -4.36. The number of benzene rings is 3.